The summed E-state index contributed by atoms with van der Waals surface area (Å²) in [7, 11) is 1.49. The van der Waals surface area contributed by atoms with E-state index in [-0.39, 0.29) is 12.4 Å². The van der Waals surface area contributed by atoms with Crippen molar-refractivity contribution in [3.63, 3.8) is 0 Å². The van der Waals surface area contributed by atoms with Gasteiger partial charge in [-0.25, -0.2) is 4.98 Å². The maximum Gasteiger partial charge on any atom is 0.244 e. The van der Waals surface area contributed by atoms with E-state index in [9.17, 15) is 4.79 Å². The molecule has 4 heterocycles. The molecule has 0 saturated carbocycles. The van der Waals surface area contributed by atoms with Crippen molar-refractivity contribution >= 4 is 23.1 Å². The Morgan fingerprint density at radius 2 is 2.17 bits per heavy atom. The van der Waals surface area contributed by atoms with Crippen LogP contribution in [0, 0.1) is 0 Å². The Balaban J connectivity index is 0.000000140. The maximum absolute atomic E-state index is 10.9. The number of nitrogens with zero attached hydrogens (tertiary/aromatic N) is 4. The number of ether oxygens (including phenoxy) is 2. The number of hydrogen-bond acceptors (Lipinski definition) is 8. The second-order valence-corrected chi connectivity index (χ2v) is 4.86. The van der Waals surface area contributed by atoms with Crippen molar-refractivity contribution in [1.82, 2.24) is 15.2 Å². The third-order valence-electron chi connectivity index (χ3n) is 3.04. The van der Waals surface area contributed by atoms with Crippen LogP contribution in [0.5, 0.6) is 11.6 Å². The molecule has 4 rings (SSSR count). The lowest BCUT2D eigenvalue weighted by Crippen LogP contribution is -2.02. The first-order valence-electron chi connectivity index (χ1n) is 6.55. The Labute approximate surface area is 136 Å². The molecule has 0 saturated heterocycles. The van der Waals surface area contributed by atoms with Crippen LogP contribution in [-0.4, -0.2) is 47.0 Å². The van der Waals surface area contributed by atoms with Crippen molar-refractivity contribution in [2.45, 2.75) is 0 Å². The summed E-state index contributed by atoms with van der Waals surface area (Å²) >= 11 is 5.73. The van der Waals surface area contributed by atoms with Gasteiger partial charge in [0.1, 0.15) is 30.3 Å². The van der Waals surface area contributed by atoms with E-state index in [1.54, 1.807) is 18.3 Å². The fourth-order valence-electron chi connectivity index (χ4n) is 2.02. The molecular formula is C14H11ClN4O4. The average Bonchev–Trinajstić information content (AvgIpc) is 3.13. The summed E-state index contributed by atoms with van der Waals surface area (Å²) < 4.78 is 10.2. The number of Topliss-reactive ketones (excluding diaryl/α,β-unsaturated/α-hetero) is 1. The van der Waals surface area contributed by atoms with E-state index in [1.165, 1.54) is 13.3 Å². The molecule has 2 aromatic heterocycles. The Bertz CT molecular complexity index is 781. The number of carbonyl (C=O) groups is 1. The van der Waals surface area contributed by atoms with Gasteiger partial charge >= 0.3 is 0 Å². The number of ketones is 1. The van der Waals surface area contributed by atoms with E-state index in [0.717, 1.165) is 11.3 Å². The molecule has 0 aliphatic carbocycles. The summed E-state index contributed by atoms with van der Waals surface area (Å²) in [4.78, 5) is 19.4. The van der Waals surface area contributed by atoms with Crippen LogP contribution in [-0.2, 0) is 4.84 Å². The summed E-state index contributed by atoms with van der Waals surface area (Å²) in [5.74, 6) is 1.03. The lowest BCUT2D eigenvalue weighted by atomic mass is 10.2. The third kappa shape index (κ3) is 3.21. The molecule has 0 spiro atoms. The van der Waals surface area contributed by atoms with Gasteiger partial charge in [0.05, 0.1) is 18.0 Å². The van der Waals surface area contributed by atoms with Crippen LogP contribution in [0.15, 0.2) is 29.7 Å². The molecule has 0 amide bonds. The quantitative estimate of drug-likeness (QED) is 0.576. The molecule has 0 bridgehead atoms. The van der Waals surface area contributed by atoms with Crippen molar-refractivity contribution in [3.05, 3.63) is 40.8 Å². The molecule has 9 heteroatoms. The van der Waals surface area contributed by atoms with Crippen molar-refractivity contribution in [3.8, 4) is 11.6 Å². The smallest absolute Gasteiger partial charge is 0.244 e. The zero-order chi connectivity index (χ0) is 16.2. The van der Waals surface area contributed by atoms with Crippen LogP contribution in [0.4, 0.5) is 0 Å². The number of fused-ring (bicyclic) bond motifs is 2. The zero-order valence-corrected chi connectivity index (χ0v) is 12.8. The van der Waals surface area contributed by atoms with Gasteiger partial charge in [-0.15, -0.1) is 5.10 Å². The summed E-state index contributed by atoms with van der Waals surface area (Å²) in [6.07, 6.45) is 3.06. The molecule has 23 heavy (non-hydrogen) atoms. The van der Waals surface area contributed by atoms with E-state index in [2.05, 4.69) is 25.2 Å². The van der Waals surface area contributed by atoms with Crippen LogP contribution in [0.25, 0.3) is 0 Å². The molecule has 118 valence electrons. The van der Waals surface area contributed by atoms with Crippen LogP contribution in [0.2, 0.25) is 5.15 Å². The largest absolute Gasteiger partial charge is 0.485 e. The molecule has 0 aromatic carbocycles. The number of carbonyl (C=O) groups excluding carboxylic acids is 1. The first-order valence-corrected chi connectivity index (χ1v) is 6.93. The molecule has 2 aromatic rings. The van der Waals surface area contributed by atoms with Gasteiger partial charge in [0.25, 0.3) is 0 Å². The molecule has 0 N–H and O–H groups in total. The normalized spacial score (nSPS) is 15.9. The number of rotatable bonds is 1. The minimum absolute atomic E-state index is 0.0232. The van der Waals surface area contributed by atoms with Crippen molar-refractivity contribution < 1.29 is 19.1 Å². The summed E-state index contributed by atoms with van der Waals surface area (Å²) in [5, 5.41) is 11.4. The van der Waals surface area contributed by atoms with Gasteiger partial charge in [-0.05, 0) is 12.1 Å². The lowest BCUT2D eigenvalue weighted by molar-refractivity contribution is 0.0960. The fourth-order valence-corrected chi connectivity index (χ4v) is 2.17. The number of oxime groups is 1. The number of halogens is 1. The molecule has 0 radical (unpaired) electrons. The van der Waals surface area contributed by atoms with Crippen molar-refractivity contribution in [2.24, 2.45) is 5.16 Å². The molecule has 0 unspecified atom stereocenters. The van der Waals surface area contributed by atoms with Gasteiger partial charge in [0.15, 0.2) is 6.61 Å². The van der Waals surface area contributed by atoms with Crippen molar-refractivity contribution in [1.29, 1.82) is 0 Å². The fraction of sp³-hybridized carbons (Fsp3) is 0.214. The summed E-state index contributed by atoms with van der Waals surface area (Å²) in [5.41, 5.74) is 2.12. The lowest BCUT2D eigenvalue weighted by Gasteiger charge is -1.95. The highest BCUT2D eigenvalue weighted by molar-refractivity contribution is 6.30. The molecule has 2 aliphatic rings. The van der Waals surface area contributed by atoms with E-state index in [0.29, 0.717) is 29.0 Å². The molecular weight excluding hydrogens is 324 g/mol. The predicted octanol–water partition coefficient (Wildman–Crippen LogP) is 1.53. The minimum Gasteiger partial charge on any atom is -0.485 e. The van der Waals surface area contributed by atoms with Gasteiger partial charge < -0.3 is 14.3 Å². The second kappa shape index (κ2) is 6.57. The number of aromatic nitrogens is 3. The van der Waals surface area contributed by atoms with Gasteiger partial charge in [-0.2, -0.15) is 5.10 Å². The van der Waals surface area contributed by atoms with Crippen LogP contribution in [0.3, 0.4) is 0 Å². The topological polar surface area (TPSA) is 95.8 Å². The molecule has 8 nitrogen and oxygen atoms in total. The minimum atomic E-state index is -0.0232. The Kier molecular flexibility index (Phi) is 4.33. The number of hydrogen-bond donors (Lipinski definition) is 0. The highest BCUT2D eigenvalue weighted by Crippen LogP contribution is 2.26. The Hall–Kier alpha value is -2.74. The van der Waals surface area contributed by atoms with E-state index >= 15 is 0 Å². The number of pyridine rings is 1. The Morgan fingerprint density at radius 1 is 1.30 bits per heavy atom. The first kappa shape index (κ1) is 15.2. The average molecular weight is 335 g/mol. The van der Waals surface area contributed by atoms with E-state index in [4.69, 9.17) is 21.1 Å². The monoisotopic (exact) mass is 334 g/mol. The molecule has 2 aliphatic heterocycles. The van der Waals surface area contributed by atoms with Crippen molar-refractivity contribution in [2.75, 3.05) is 20.3 Å². The second-order valence-electron chi connectivity index (χ2n) is 4.47. The zero-order valence-electron chi connectivity index (χ0n) is 12.0. The van der Waals surface area contributed by atoms with Crippen LogP contribution in [0.1, 0.15) is 15.9 Å². The molecule has 0 fully saturated rings. The first-order chi connectivity index (χ1) is 11.2. The predicted molar refractivity (Wildman–Crippen MR) is 80.1 cm³/mol. The van der Waals surface area contributed by atoms with Gasteiger partial charge in [-0.1, -0.05) is 16.8 Å². The third-order valence-corrected chi connectivity index (χ3v) is 3.24. The van der Waals surface area contributed by atoms with Gasteiger partial charge in [0.2, 0.25) is 11.7 Å². The van der Waals surface area contributed by atoms with Gasteiger partial charge in [0, 0.05) is 5.56 Å². The van der Waals surface area contributed by atoms with E-state index < -0.39 is 0 Å². The van der Waals surface area contributed by atoms with Crippen LogP contribution < -0.4 is 9.47 Å². The highest BCUT2D eigenvalue weighted by atomic mass is 35.5. The van der Waals surface area contributed by atoms with Gasteiger partial charge in [-0.3, -0.25) is 4.79 Å². The SMILES string of the molecule is CON=C1COc2cnc(Cl)cc21.O=C1COc2nnccc21. The highest BCUT2D eigenvalue weighted by Gasteiger charge is 2.22. The molecule has 0 atom stereocenters. The summed E-state index contributed by atoms with van der Waals surface area (Å²) in [6.45, 7) is 0.513. The summed E-state index contributed by atoms with van der Waals surface area (Å²) in [6, 6.07) is 3.32. The van der Waals surface area contributed by atoms with Crippen LogP contribution >= 0.6 is 11.6 Å². The van der Waals surface area contributed by atoms with E-state index in [1.807, 2.05) is 0 Å². The maximum atomic E-state index is 10.9. The Morgan fingerprint density at radius 3 is 2.96 bits per heavy atom. The standard InChI is InChI=1S/C8H7ClN2O2.C6H4N2O2/c1-12-11-6-4-13-7-3-10-8(9)2-5(6)7;9-5-3-10-6-4(5)1-2-7-8-6/h2-3H,4H2,1H3;1-2H,3H2.